The molecule has 2 aromatic rings. The molecule has 0 aliphatic heterocycles. The zero-order chi connectivity index (χ0) is 28.9. The molecule has 0 bridgehead atoms. The maximum atomic E-state index is 13.7. The third-order valence-electron chi connectivity index (χ3n) is 4.77. The summed E-state index contributed by atoms with van der Waals surface area (Å²) in [5.41, 5.74) is 2.17. The van der Waals surface area contributed by atoms with Gasteiger partial charge in [-0.1, -0.05) is 17.2 Å². The van der Waals surface area contributed by atoms with Crippen molar-refractivity contribution < 1.29 is 33.7 Å². The summed E-state index contributed by atoms with van der Waals surface area (Å²) in [6.07, 6.45) is 6.28. The maximum Gasteiger partial charge on any atom is 0.248 e. The van der Waals surface area contributed by atoms with Crippen molar-refractivity contribution in [2.75, 3.05) is 18.5 Å². The molecule has 1 N–H and O–H groups in total. The maximum absolute atomic E-state index is 13.7. The van der Waals surface area contributed by atoms with Crippen LogP contribution in [0.1, 0.15) is 33.3 Å². The summed E-state index contributed by atoms with van der Waals surface area (Å²) in [6, 6.07) is 4.99. The molecule has 2 rings (SSSR count). The fourth-order valence-electron chi connectivity index (χ4n) is 2.90. The molecule has 212 valence electrons. The summed E-state index contributed by atoms with van der Waals surface area (Å²) >= 11 is -2.71. The van der Waals surface area contributed by atoms with Gasteiger partial charge in [-0.15, -0.1) is 0 Å². The molecule has 0 unspecified atom stereocenters. The average molecular weight is 642 g/mol. The normalized spacial score (nSPS) is 10.9. The molecule has 0 atom stereocenters. The Balaban J connectivity index is 2.38. The van der Waals surface area contributed by atoms with Crippen LogP contribution in [0.2, 0.25) is 0 Å². The highest BCUT2D eigenvalue weighted by molar-refractivity contribution is 8.00. The van der Waals surface area contributed by atoms with Crippen LogP contribution < -0.4 is 14.8 Å². The summed E-state index contributed by atoms with van der Waals surface area (Å²) < 4.78 is 79.6. The number of ether oxygens (including phenoxy) is 2. The molecule has 0 spiro atoms. The van der Waals surface area contributed by atoms with Crippen molar-refractivity contribution in [3.8, 4) is 11.5 Å². The Bertz CT molecular complexity index is 1220. The van der Waals surface area contributed by atoms with E-state index in [-0.39, 0.29) is 0 Å². The minimum absolute atomic E-state index is 0.291. The number of rotatable bonds is 14. The lowest BCUT2D eigenvalue weighted by atomic mass is 10.2. The predicted octanol–water partition coefficient (Wildman–Crippen LogP) is 10.9. The molecule has 0 aromatic heterocycles. The van der Waals surface area contributed by atoms with Gasteiger partial charge in [-0.3, -0.25) is 4.79 Å². The molecule has 14 heteroatoms. The Labute approximate surface area is 246 Å². The van der Waals surface area contributed by atoms with E-state index in [0.29, 0.717) is 30.3 Å². The molecule has 0 fully saturated rings. The van der Waals surface area contributed by atoms with Crippen LogP contribution in [0.15, 0.2) is 72.1 Å². The van der Waals surface area contributed by atoms with Crippen LogP contribution in [0.4, 0.5) is 25.1 Å². The SMILES string of the molecule is CC(C)=CCOc1ccc(C=CC(=O)Nc2c(SF)c(SF)c(SF)c(SF)c2SF)cc1OCC=C(C)C. The lowest BCUT2D eigenvalue weighted by Crippen LogP contribution is -2.11. The molecule has 0 aliphatic rings. The van der Waals surface area contributed by atoms with E-state index in [2.05, 4.69) is 5.32 Å². The van der Waals surface area contributed by atoms with Gasteiger partial charge in [0.15, 0.2) is 11.5 Å². The van der Waals surface area contributed by atoms with Crippen LogP contribution in [0.5, 0.6) is 11.5 Å². The van der Waals surface area contributed by atoms with Crippen LogP contribution in [0, 0.1) is 0 Å². The van der Waals surface area contributed by atoms with Crippen molar-refractivity contribution in [2.45, 2.75) is 52.2 Å². The quantitative estimate of drug-likeness (QED) is 0.124. The molecule has 0 saturated heterocycles. The van der Waals surface area contributed by atoms with Crippen LogP contribution in [-0.4, -0.2) is 19.1 Å². The zero-order valence-electron chi connectivity index (χ0n) is 21.1. The van der Waals surface area contributed by atoms with Gasteiger partial charge in [0.2, 0.25) is 5.91 Å². The van der Waals surface area contributed by atoms with E-state index in [0.717, 1.165) is 17.2 Å². The first-order valence-electron chi connectivity index (χ1n) is 11.0. The minimum Gasteiger partial charge on any atom is -0.486 e. The van der Waals surface area contributed by atoms with Gasteiger partial charge < -0.3 is 14.8 Å². The summed E-state index contributed by atoms with van der Waals surface area (Å²) in [7, 11) is 0. The van der Waals surface area contributed by atoms with Gasteiger partial charge in [-0.2, -0.15) is 19.4 Å². The predicted molar refractivity (Wildman–Crippen MR) is 155 cm³/mol. The van der Waals surface area contributed by atoms with Gasteiger partial charge in [0.25, 0.3) is 0 Å². The van der Waals surface area contributed by atoms with Crippen molar-refractivity contribution in [2.24, 2.45) is 0 Å². The van der Waals surface area contributed by atoms with Gasteiger partial charge in [-0.05, 0) is 63.6 Å². The summed E-state index contributed by atoms with van der Waals surface area (Å²) in [6.45, 7) is 8.38. The zero-order valence-corrected chi connectivity index (χ0v) is 25.2. The first-order chi connectivity index (χ1) is 18.7. The van der Waals surface area contributed by atoms with Gasteiger partial charge in [0, 0.05) is 6.08 Å². The second kappa shape index (κ2) is 17.1. The number of carbonyl (C=O) groups is 1. The first-order valence-corrected chi connectivity index (χ1v) is 14.6. The monoisotopic (exact) mass is 641 g/mol. The van der Waals surface area contributed by atoms with Crippen molar-refractivity contribution in [3.63, 3.8) is 0 Å². The Morgan fingerprint density at radius 2 is 1.21 bits per heavy atom. The van der Waals surface area contributed by atoms with Gasteiger partial charge in [0.05, 0.1) is 90.9 Å². The first kappa shape index (κ1) is 33.3. The number of hydrogen-bond donors (Lipinski definition) is 1. The average Bonchev–Trinajstić information content (AvgIpc) is 2.91. The third kappa shape index (κ3) is 9.62. The highest BCUT2D eigenvalue weighted by Crippen LogP contribution is 2.54. The summed E-state index contributed by atoms with van der Waals surface area (Å²) in [4.78, 5) is 9.63. The Hall–Kier alpha value is -1.87. The van der Waals surface area contributed by atoms with Gasteiger partial charge in [0.1, 0.15) is 13.2 Å². The van der Waals surface area contributed by atoms with Crippen LogP contribution in [0.25, 0.3) is 6.08 Å². The Morgan fingerprint density at radius 3 is 1.67 bits per heavy atom. The molecular formula is C25H24F5NO3S5. The van der Waals surface area contributed by atoms with E-state index in [4.69, 9.17) is 9.47 Å². The fourth-order valence-corrected chi connectivity index (χ4v) is 5.76. The van der Waals surface area contributed by atoms with Gasteiger partial charge in [-0.25, -0.2) is 0 Å². The fraction of sp³-hybridized carbons (Fsp3) is 0.240. The molecule has 39 heavy (non-hydrogen) atoms. The molecule has 0 heterocycles. The Morgan fingerprint density at radius 1 is 0.744 bits per heavy atom. The molecule has 1 amide bonds. The lowest BCUT2D eigenvalue weighted by Gasteiger charge is -2.17. The molecular weight excluding hydrogens is 618 g/mol. The standard InChI is InChI=1S/C25H24F5NO3S5/c1-14(2)9-11-33-17-7-5-16(13-18(17)34-12-10-15(3)4)6-8-19(32)31-20-21(35-26)23(37-28)25(39-30)24(38-29)22(20)36-27/h5-10,13H,11-12H2,1-4H3,(H,31,32). The number of allylic oxidation sites excluding steroid dienone is 2. The van der Waals surface area contributed by atoms with E-state index in [1.807, 2.05) is 39.8 Å². The number of nitrogens with one attached hydrogen (secondary N) is 1. The second-order valence-corrected chi connectivity index (χ2v) is 10.9. The lowest BCUT2D eigenvalue weighted by molar-refractivity contribution is -0.111. The van der Waals surface area contributed by atoms with E-state index < -0.39 is 96.8 Å². The van der Waals surface area contributed by atoms with E-state index in [9.17, 15) is 24.2 Å². The summed E-state index contributed by atoms with van der Waals surface area (Å²) in [5, 5.41) is 2.25. The Kier molecular flexibility index (Phi) is 14.6. The minimum atomic E-state index is -0.846. The van der Waals surface area contributed by atoms with Crippen molar-refractivity contribution in [1.82, 2.24) is 0 Å². The van der Waals surface area contributed by atoms with E-state index >= 15 is 0 Å². The van der Waals surface area contributed by atoms with Crippen molar-refractivity contribution in [3.05, 3.63) is 53.1 Å². The van der Waals surface area contributed by atoms with Gasteiger partial charge >= 0.3 is 0 Å². The molecule has 2 aromatic carbocycles. The molecule has 0 aliphatic carbocycles. The molecule has 0 radical (unpaired) electrons. The van der Waals surface area contributed by atoms with Crippen LogP contribution in [0.3, 0.4) is 0 Å². The smallest absolute Gasteiger partial charge is 0.248 e. The highest BCUT2D eigenvalue weighted by atomic mass is 32.2. The van der Waals surface area contributed by atoms with Crippen molar-refractivity contribution in [1.29, 1.82) is 0 Å². The molecule has 0 saturated carbocycles. The van der Waals surface area contributed by atoms with E-state index in [1.54, 1.807) is 18.2 Å². The third-order valence-corrected chi connectivity index (χ3v) is 8.10. The van der Waals surface area contributed by atoms with Crippen LogP contribution in [-0.2, 0) is 4.79 Å². The number of anilines is 1. The number of halogens is 5. The highest BCUT2D eigenvalue weighted by Gasteiger charge is 2.29. The number of benzene rings is 2. The topological polar surface area (TPSA) is 47.6 Å². The number of amides is 1. The second-order valence-electron chi connectivity index (χ2n) is 8.12. The van der Waals surface area contributed by atoms with Crippen LogP contribution >= 0.6 is 60.7 Å². The number of carbonyl (C=O) groups excluding carboxylic acids is 1. The number of hydrogen-bond acceptors (Lipinski definition) is 8. The summed E-state index contributed by atoms with van der Waals surface area (Å²) in [5.74, 6) is 0.0727. The van der Waals surface area contributed by atoms with Crippen molar-refractivity contribution >= 4 is 78.4 Å². The van der Waals surface area contributed by atoms with E-state index in [1.165, 1.54) is 6.08 Å². The largest absolute Gasteiger partial charge is 0.486 e. The molecule has 4 nitrogen and oxygen atoms in total.